The first kappa shape index (κ1) is 23.6. The first-order valence-corrected chi connectivity index (χ1v) is 12.4. The molecule has 1 aliphatic heterocycles. The molecule has 0 spiro atoms. The van der Waals surface area contributed by atoms with Crippen LogP contribution in [0.15, 0.2) is 34.7 Å². The Morgan fingerprint density at radius 2 is 2.03 bits per heavy atom. The third-order valence-corrected chi connectivity index (χ3v) is 7.60. The zero-order valence-electron chi connectivity index (χ0n) is 18.6. The van der Waals surface area contributed by atoms with E-state index in [1.807, 2.05) is 32.9 Å². The number of methoxy groups -OCH3 is 1. The fourth-order valence-electron chi connectivity index (χ4n) is 4.26. The molecule has 1 aliphatic carbocycles. The van der Waals surface area contributed by atoms with Crippen LogP contribution in [0, 0.1) is 18.8 Å². The first-order chi connectivity index (χ1) is 14.8. The van der Waals surface area contributed by atoms with Crippen molar-refractivity contribution in [3.8, 4) is 0 Å². The molecule has 8 heteroatoms. The molecule has 0 bridgehead atoms. The molecule has 0 fully saturated rings. The van der Waals surface area contributed by atoms with Crippen molar-refractivity contribution in [1.82, 2.24) is 5.32 Å². The average molecular weight is 464 g/mol. The van der Waals surface area contributed by atoms with E-state index in [0.717, 1.165) is 27.0 Å². The van der Waals surface area contributed by atoms with Crippen LogP contribution in [0.4, 0.5) is 0 Å². The highest BCUT2D eigenvalue weighted by molar-refractivity contribution is 7.99. The highest BCUT2D eigenvalue weighted by Crippen LogP contribution is 2.46. The summed E-state index contributed by atoms with van der Waals surface area (Å²) in [6, 6.07) is 3.93. The van der Waals surface area contributed by atoms with Gasteiger partial charge in [-0.05, 0) is 44.1 Å². The SMILES string of the molecule is CCSCCOC(=O)C1=C(C)NC2=C(C(=O)[C@H](C(=O)OC)[C@H](C)C2)[C@H]1c1ccc(C)s1. The highest BCUT2D eigenvalue weighted by atomic mass is 32.2. The molecular weight excluding hydrogens is 434 g/mol. The molecule has 0 amide bonds. The lowest BCUT2D eigenvalue weighted by molar-refractivity contribution is -0.151. The number of esters is 2. The number of allylic oxidation sites excluding steroid dienone is 3. The van der Waals surface area contributed by atoms with Gasteiger partial charge in [0.1, 0.15) is 12.5 Å². The van der Waals surface area contributed by atoms with Gasteiger partial charge in [0.15, 0.2) is 5.78 Å². The second-order valence-corrected chi connectivity index (χ2v) is 10.5. The average Bonchev–Trinajstić information content (AvgIpc) is 3.15. The normalized spacial score (nSPS) is 23.4. The molecule has 0 saturated carbocycles. The fourth-order valence-corrected chi connectivity index (χ4v) is 5.75. The maximum atomic E-state index is 13.6. The Labute approximate surface area is 191 Å². The van der Waals surface area contributed by atoms with Crippen LogP contribution in [0.2, 0.25) is 0 Å². The van der Waals surface area contributed by atoms with Crippen molar-refractivity contribution < 1.29 is 23.9 Å². The lowest BCUT2D eigenvalue weighted by Crippen LogP contribution is -2.43. The summed E-state index contributed by atoms with van der Waals surface area (Å²) in [5.74, 6) is -1.16. The summed E-state index contributed by atoms with van der Waals surface area (Å²) in [4.78, 5) is 41.1. The van der Waals surface area contributed by atoms with Crippen molar-refractivity contribution in [3.05, 3.63) is 44.4 Å². The third-order valence-electron chi connectivity index (χ3n) is 5.67. The Morgan fingerprint density at radius 3 is 2.65 bits per heavy atom. The second kappa shape index (κ2) is 10.0. The van der Waals surface area contributed by atoms with Gasteiger partial charge in [-0.25, -0.2) is 4.79 Å². The molecule has 2 aliphatic rings. The monoisotopic (exact) mass is 463 g/mol. The van der Waals surface area contributed by atoms with Crippen molar-refractivity contribution in [1.29, 1.82) is 0 Å². The topological polar surface area (TPSA) is 81.7 Å². The van der Waals surface area contributed by atoms with E-state index in [9.17, 15) is 14.4 Å². The van der Waals surface area contributed by atoms with Crippen LogP contribution in [0.5, 0.6) is 0 Å². The van der Waals surface area contributed by atoms with E-state index in [1.165, 1.54) is 7.11 Å². The third kappa shape index (κ3) is 4.75. The molecule has 6 nitrogen and oxygen atoms in total. The lowest BCUT2D eigenvalue weighted by Gasteiger charge is -2.37. The molecule has 168 valence electrons. The number of rotatable bonds is 7. The van der Waals surface area contributed by atoms with E-state index in [2.05, 4.69) is 12.2 Å². The minimum atomic E-state index is -0.870. The molecule has 0 unspecified atom stereocenters. The Balaban J connectivity index is 2.03. The van der Waals surface area contributed by atoms with E-state index in [1.54, 1.807) is 23.1 Å². The van der Waals surface area contributed by atoms with Crippen LogP contribution in [0.25, 0.3) is 0 Å². The van der Waals surface area contributed by atoms with Gasteiger partial charge >= 0.3 is 11.9 Å². The van der Waals surface area contributed by atoms with Crippen molar-refractivity contribution in [3.63, 3.8) is 0 Å². The molecule has 0 aromatic carbocycles. The van der Waals surface area contributed by atoms with Crippen molar-refractivity contribution in [2.24, 2.45) is 11.8 Å². The van der Waals surface area contributed by atoms with Crippen LogP contribution in [0.3, 0.4) is 0 Å². The largest absolute Gasteiger partial charge is 0.468 e. The number of ether oxygens (including phenoxy) is 2. The second-order valence-electron chi connectivity index (χ2n) is 7.82. The molecule has 3 atom stereocenters. The van der Waals surface area contributed by atoms with Gasteiger partial charge in [0, 0.05) is 32.5 Å². The van der Waals surface area contributed by atoms with Gasteiger partial charge in [-0.3, -0.25) is 9.59 Å². The predicted molar refractivity (Wildman–Crippen MR) is 123 cm³/mol. The van der Waals surface area contributed by atoms with Crippen LogP contribution in [-0.2, 0) is 23.9 Å². The van der Waals surface area contributed by atoms with Gasteiger partial charge in [0.2, 0.25) is 0 Å². The van der Waals surface area contributed by atoms with Gasteiger partial charge in [0.05, 0.1) is 18.6 Å². The Bertz CT molecular complexity index is 946. The minimum Gasteiger partial charge on any atom is -0.468 e. The van der Waals surface area contributed by atoms with Crippen LogP contribution in [-0.4, -0.2) is 42.9 Å². The van der Waals surface area contributed by atoms with Gasteiger partial charge in [-0.2, -0.15) is 11.8 Å². The summed E-state index contributed by atoms with van der Waals surface area (Å²) in [7, 11) is 1.30. The highest BCUT2D eigenvalue weighted by Gasteiger charge is 2.47. The first-order valence-electron chi connectivity index (χ1n) is 10.4. The van der Waals surface area contributed by atoms with Gasteiger partial charge in [0.25, 0.3) is 0 Å². The molecule has 1 N–H and O–H groups in total. The number of nitrogens with one attached hydrogen (secondary N) is 1. The number of hydrogen-bond donors (Lipinski definition) is 1. The lowest BCUT2D eigenvalue weighted by atomic mass is 9.70. The number of ketones is 1. The summed E-state index contributed by atoms with van der Waals surface area (Å²) < 4.78 is 10.5. The quantitative estimate of drug-likeness (QED) is 0.372. The number of dihydropyridines is 1. The number of thioether (sulfide) groups is 1. The van der Waals surface area contributed by atoms with Gasteiger partial charge in [-0.15, -0.1) is 11.3 Å². The molecule has 2 heterocycles. The Hall–Kier alpha value is -2.06. The molecule has 1 aromatic rings. The van der Waals surface area contributed by atoms with Gasteiger partial charge < -0.3 is 14.8 Å². The number of thiophene rings is 1. The maximum absolute atomic E-state index is 13.6. The van der Waals surface area contributed by atoms with Crippen LogP contribution < -0.4 is 5.32 Å². The number of carbonyl (C=O) groups is 3. The number of hydrogen-bond acceptors (Lipinski definition) is 8. The fraction of sp³-hybridized carbons (Fsp3) is 0.522. The molecule has 0 radical (unpaired) electrons. The number of Topliss-reactive ketones (excluding diaryl/α,β-unsaturated/α-hetero) is 1. The Kier molecular flexibility index (Phi) is 7.64. The van der Waals surface area contributed by atoms with E-state index in [4.69, 9.17) is 9.47 Å². The maximum Gasteiger partial charge on any atom is 0.336 e. The van der Waals surface area contributed by atoms with Gasteiger partial charge in [-0.1, -0.05) is 13.8 Å². The van der Waals surface area contributed by atoms with Crippen LogP contribution >= 0.6 is 23.1 Å². The summed E-state index contributed by atoms with van der Waals surface area (Å²) in [6.07, 6.45) is 0.536. The van der Waals surface area contributed by atoms with Crippen molar-refractivity contribution >= 4 is 40.8 Å². The Morgan fingerprint density at radius 1 is 1.29 bits per heavy atom. The van der Waals surface area contributed by atoms with E-state index in [-0.39, 0.29) is 11.7 Å². The summed E-state index contributed by atoms with van der Waals surface area (Å²) >= 11 is 3.25. The summed E-state index contributed by atoms with van der Waals surface area (Å²) in [5, 5.41) is 3.28. The summed E-state index contributed by atoms with van der Waals surface area (Å²) in [6.45, 7) is 8.08. The molecule has 1 aromatic heterocycles. The smallest absolute Gasteiger partial charge is 0.336 e. The summed E-state index contributed by atoms with van der Waals surface area (Å²) in [5.41, 5.74) is 2.40. The number of aryl methyl sites for hydroxylation is 1. The van der Waals surface area contributed by atoms with Crippen molar-refractivity contribution in [2.75, 3.05) is 25.2 Å². The standard InChI is InChI=1S/C23H29NO5S2/c1-6-30-10-9-29-23(27)18-14(4)24-15-11-12(2)17(22(26)28-5)21(25)19(15)20(18)16-8-7-13(3)31-16/h7-8,12,17,20,24H,6,9-11H2,1-5H3/t12-,17-,20+/m1/s1. The molecule has 0 saturated heterocycles. The molecule has 31 heavy (non-hydrogen) atoms. The van der Waals surface area contributed by atoms with Crippen LogP contribution in [0.1, 0.15) is 42.9 Å². The number of carbonyl (C=O) groups excluding carboxylic acids is 3. The zero-order chi connectivity index (χ0) is 22.7. The van der Waals surface area contributed by atoms with E-state index >= 15 is 0 Å². The van der Waals surface area contributed by atoms with E-state index < -0.39 is 23.8 Å². The zero-order valence-corrected chi connectivity index (χ0v) is 20.2. The minimum absolute atomic E-state index is 0.190. The predicted octanol–water partition coefficient (Wildman–Crippen LogP) is 3.97. The van der Waals surface area contributed by atoms with Crippen molar-refractivity contribution in [2.45, 2.75) is 40.0 Å². The molecule has 3 rings (SSSR count). The van der Waals surface area contributed by atoms with E-state index in [0.29, 0.717) is 29.9 Å². The molecular formula is C23H29NO5S2.